The Bertz CT molecular complexity index is 547. The molecule has 20 heavy (non-hydrogen) atoms. The van der Waals surface area contributed by atoms with Crippen LogP contribution in [0.4, 0.5) is 9.59 Å². The molecule has 0 aromatic heterocycles. The molecular formula is C15H12ClNO3. The van der Waals surface area contributed by atoms with E-state index in [1.54, 1.807) is 0 Å². The van der Waals surface area contributed by atoms with E-state index in [1.807, 2.05) is 66.0 Å². The lowest BCUT2D eigenvalue weighted by molar-refractivity contribution is 0.119. The van der Waals surface area contributed by atoms with Gasteiger partial charge in [-0.3, -0.25) is 4.79 Å². The lowest BCUT2D eigenvalue weighted by Gasteiger charge is -2.18. The summed E-state index contributed by atoms with van der Waals surface area (Å²) in [5.41, 5.74) is 1.60. The smallest absolute Gasteiger partial charge is 0.415 e. The van der Waals surface area contributed by atoms with Crippen molar-refractivity contribution in [1.29, 1.82) is 0 Å². The normalized spacial score (nSPS) is 10.1. The van der Waals surface area contributed by atoms with Crippen LogP contribution in [0.5, 0.6) is 0 Å². The van der Waals surface area contributed by atoms with Crippen molar-refractivity contribution < 1.29 is 14.3 Å². The van der Waals surface area contributed by atoms with Gasteiger partial charge in [0.15, 0.2) is 6.10 Å². The minimum absolute atomic E-state index is 0.603. The molecular weight excluding hydrogens is 278 g/mol. The monoisotopic (exact) mass is 289 g/mol. The van der Waals surface area contributed by atoms with Crippen LogP contribution in [0, 0.1) is 0 Å². The van der Waals surface area contributed by atoms with Crippen molar-refractivity contribution in [2.45, 2.75) is 6.10 Å². The quantitative estimate of drug-likeness (QED) is 0.689. The zero-order valence-electron chi connectivity index (χ0n) is 10.5. The van der Waals surface area contributed by atoms with Gasteiger partial charge in [0.2, 0.25) is 0 Å². The number of halogens is 1. The number of alkyl carbamates (subject to hydrolysis) is 1. The van der Waals surface area contributed by atoms with Gasteiger partial charge in [-0.2, -0.15) is 0 Å². The molecule has 0 saturated heterocycles. The maximum Gasteiger partial charge on any atom is 0.415 e. The fraction of sp³-hybridized carbons (Fsp3) is 0.0667. The number of carbonyl (C=O) groups excluding carboxylic acids is 2. The highest BCUT2D eigenvalue weighted by molar-refractivity contribution is 6.64. The number of hydrogen-bond acceptors (Lipinski definition) is 3. The minimum Gasteiger partial charge on any atom is -0.436 e. The van der Waals surface area contributed by atoms with Gasteiger partial charge in [-0.15, -0.1) is 0 Å². The predicted octanol–water partition coefficient (Wildman–Crippen LogP) is 3.86. The van der Waals surface area contributed by atoms with Gasteiger partial charge in [-0.25, -0.2) is 10.1 Å². The fourth-order valence-corrected chi connectivity index (χ4v) is 1.88. The van der Waals surface area contributed by atoms with E-state index in [2.05, 4.69) is 0 Å². The van der Waals surface area contributed by atoms with Crippen LogP contribution in [-0.4, -0.2) is 11.5 Å². The summed E-state index contributed by atoms with van der Waals surface area (Å²) in [7, 11) is 0. The van der Waals surface area contributed by atoms with E-state index in [0.29, 0.717) is 0 Å². The third kappa shape index (κ3) is 3.83. The zero-order chi connectivity index (χ0) is 14.4. The highest BCUT2D eigenvalue weighted by Gasteiger charge is 2.19. The molecule has 0 aliphatic carbocycles. The second-order valence-electron chi connectivity index (χ2n) is 4.01. The molecule has 0 spiro atoms. The molecule has 0 bridgehead atoms. The SMILES string of the molecule is O=C(Cl)NC(=O)OC(c1ccccc1)c1ccccc1. The van der Waals surface area contributed by atoms with Gasteiger partial charge in [0.25, 0.3) is 0 Å². The van der Waals surface area contributed by atoms with E-state index in [1.165, 1.54) is 0 Å². The highest BCUT2D eigenvalue weighted by Crippen LogP contribution is 2.25. The van der Waals surface area contributed by atoms with Gasteiger partial charge in [-0.05, 0) is 22.7 Å². The molecule has 2 amide bonds. The molecule has 0 atom stereocenters. The van der Waals surface area contributed by atoms with Gasteiger partial charge < -0.3 is 4.74 Å². The van der Waals surface area contributed by atoms with Crippen LogP contribution < -0.4 is 5.32 Å². The van der Waals surface area contributed by atoms with E-state index < -0.39 is 17.6 Å². The number of nitrogens with one attached hydrogen (secondary N) is 1. The van der Waals surface area contributed by atoms with E-state index in [-0.39, 0.29) is 0 Å². The summed E-state index contributed by atoms with van der Waals surface area (Å²) in [6.07, 6.45) is -1.49. The van der Waals surface area contributed by atoms with E-state index >= 15 is 0 Å². The lowest BCUT2D eigenvalue weighted by Crippen LogP contribution is -2.28. The van der Waals surface area contributed by atoms with Crippen LogP contribution in [0.1, 0.15) is 17.2 Å². The minimum atomic E-state index is -0.977. The fourth-order valence-electron chi connectivity index (χ4n) is 1.80. The molecule has 0 saturated carbocycles. The van der Waals surface area contributed by atoms with Crippen LogP contribution in [0.3, 0.4) is 0 Å². The second-order valence-corrected chi connectivity index (χ2v) is 4.35. The number of ether oxygens (including phenoxy) is 1. The molecule has 0 aliphatic rings. The molecule has 0 radical (unpaired) electrons. The summed E-state index contributed by atoms with van der Waals surface area (Å²) in [6.45, 7) is 0. The maximum atomic E-state index is 11.6. The lowest BCUT2D eigenvalue weighted by atomic mass is 10.0. The van der Waals surface area contributed by atoms with Crippen molar-refractivity contribution in [3.05, 3.63) is 71.8 Å². The zero-order valence-corrected chi connectivity index (χ0v) is 11.2. The van der Waals surface area contributed by atoms with Gasteiger partial charge in [0.1, 0.15) is 0 Å². The Morgan fingerprint density at radius 1 is 0.900 bits per heavy atom. The Kier molecular flexibility index (Phi) is 4.74. The maximum absolute atomic E-state index is 11.6. The van der Waals surface area contributed by atoms with Crippen molar-refractivity contribution in [1.82, 2.24) is 5.32 Å². The van der Waals surface area contributed by atoms with Crippen LogP contribution in [-0.2, 0) is 4.74 Å². The van der Waals surface area contributed by atoms with Crippen molar-refractivity contribution in [3.63, 3.8) is 0 Å². The largest absolute Gasteiger partial charge is 0.436 e. The van der Waals surface area contributed by atoms with E-state index in [4.69, 9.17) is 16.3 Å². The average Bonchev–Trinajstić information content (AvgIpc) is 2.46. The molecule has 0 heterocycles. The Hall–Kier alpha value is -2.33. The molecule has 2 aromatic carbocycles. The van der Waals surface area contributed by atoms with Crippen LogP contribution in [0.15, 0.2) is 60.7 Å². The highest BCUT2D eigenvalue weighted by atomic mass is 35.5. The molecule has 2 aromatic rings. The van der Waals surface area contributed by atoms with Crippen LogP contribution >= 0.6 is 11.6 Å². The molecule has 1 N–H and O–H groups in total. The van der Waals surface area contributed by atoms with Gasteiger partial charge in [0, 0.05) is 0 Å². The Labute approximate surface area is 121 Å². The number of hydrogen-bond donors (Lipinski definition) is 1. The Morgan fingerprint density at radius 2 is 1.35 bits per heavy atom. The number of imide groups is 1. The Balaban J connectivity index is 2.26. The first-order valence-electron chi connectivity index (χ1n) is 5.94. The molecule has 102 valence electrons. The van der Waals surface area contributed by atoms with E-state index in [9.17, 15) is 9.59 Å². The second kappa shape index (κ2) is 6.73. The molecule has 2 rings (SSSR count). The van der Waals surface area contributed by atoms with Crippen molar-refractivity contribution >= 4 is 23.1 Å². The van der Waals surface area contributed by atoms with Gasteiger partial charge in [0.05, 0.1) is 0 Å². The average molecular weight is 290 g/mol. The van der Waals surface area contributed by atoms with Crippen molar-refractivity contribution in [2.75, 3.05) is 0 Å². The first-order chi connectivity index (χ1) is 9.66. The van der Waals surface area contributed by atoms with Gasteiger partial charge >= 0.3 is 11.5 Å². The molecule has 0 aliphatic heterocycles. The predicted molar refractivity (Wildman–Crippen MR) is 75.6 cm³/mol. The van der Waals surface area contributed by atoms with Crippen molar-refractivity contribution in [2.24, 2.45) is 0 Å². The van der Waals surface area contributed by atoms with Crippen molar-refractivity contribution in [3.8, 4) is 0 Å². The first kappa shape index (κ1) is 14.1. The van der Waals surface area contributed by atoms with E-state index in [0.717, 1.165) is 11.1 Å². The summed E-state index contributed by atoms with van der Waals surface area (Å²) in [5, 5.41) is 0.901. The first-order valence-corrected chi connectivity index (χ1v) is 6.31. The number of benzene rings is 2. The summed E-state index contributed by atoms with van der Waals surface area (Å²) >= 11 is 5.10. The summed E-state index contributed by atoms with van der Waals surface area (Å²) in [4.78, 5) is 22.2. The summed E-state index contributed by atoms with van der Waals surface area (Å²) < 4.78 is 5.28. The van der Waals surface area contributed by atoms with Crippen LogP contribution in [0.25, 0.3) is 0 Å². The molecule has 0 unspecified atom stereocenters. The van der Waals surface area contributed by atoms with Gasteiger partial charge in [-0.1, -0.05) is 60.7 Å². The standard InChI is InChI=1S/C15H12ClNO3/c16-14(18)17-15(19)20-13(11-7-3-1-4-8-11)12-9-5-2-6-10-12/h1-10,13H,(H,17,18,19). The summed E-state index contributed by atoms with van der Waals surface area (Å²) in [5.74, 6) is 0. The number of amides is 2. The molecule has 5 heteroatoms. The summed E-state index contributed by atoms with van der Waals surface area (Å²) in [6, 6.07) is 18.5. The molecule has 0 fully saturated rings. The number of carbonyl (C=O) groups is 2. The third-order valence-electron chi connectivity index (χ3n) is 2.63. The topological polar surface area (TPSA) is 55.4 Å². The molecule has 4 nitrogen and oxygen atoms in total. The Morgan fingerprint density at radius 3 is 1.75 bits per heavy atom. The third-order valence-corrected chi connectivity index (χ3v) is 2.72. The number of rotatable bonds is 3. The van der Waals surface area contributed by atoms with Crippen LogP contribution in [0.2, 0.25) is 0 Å².